The standard InChI is InChI=1S/C14H15N7O2/c15-11-10-12(21-14(16)20-11)19-9(18-10)5-6-17-8-3-1-7(2-4-8)13(22)23/h1-4,17H,5-6H2,(H,22,23)(H5,15,16,18,19,20,21). The fourth-order valence-corrected chi connectivity index (χ4v) is 2.16. The number of carboxylic acids is 1. The van der Waals surface area contributed by atoms with Crippen LogP contribution in [0.3, 0.4) is 0 Å². The number of H-pyrrole nitrogens is 1. The molecule has 0 aliphatic carbocycles. The number of rotatable bonds is 5. The Morgan fingerprint density at radius 1 is 1.17 bits per heavy atom. The summed E-state index contributed by atoms with van der Waals surface area (Å²) >= 11 is 0. The Hall–Kier alpha value is -3.36. The Labute approximate surface area is 130 Å². The highest BCUT2D eigenvalue weighted by Gasteiger charge is 2.09. The number of hydrogen-bond acceptors (Lipinski definition) is 7. The third kappa shape index (κ3) is 3.12. The largest absolute Gasteiger partial charge is 0.478 e. The summed E-state index contributed by atoms with van der Waals surface area (Å²) in [6, 6.07) is 6.52. The van der Waals surface area contributed by atoms with E-state index in [0.717, 1.165) is 5.69 Å². The summed E-state index contributed by atoms with van der Waals surface area (Å²) in [6.07, 6.45) is 0.608. The zero-order valence-corrected chi connectivity index (χ0v) is 12.1. The van der Waals surface area contributed by atoms with Crippen molar-refractivity contribution in [1.82, 2.24) is 19.9 Å². The minimum atomic E-state index is -0.947. The van der Waals surface area contributed by atoms with E-state index in [9.17, 15) is 4.79 Å². The number of carboxylic acid groups (broad SMARTS) is 1. The first kappa shape index (κ1) is 14.6. The number of nitrogens with two attached hydrogens (primary N) is 2. The molecule has 2 aromatic heterocycles. The molecule has 9 nitrogen and oxygen atoms in total. The second kappa shape index (κ2) is 5.79. The lowest BCUT2D eigenvalue weighted by atomic mass is 10.2. The van der Waals surface area contributed by atoms with Crippen LogP contribution < -0.4 is 16.8 Å². The first-order valence-corrected chi connectivity index (χ1v) is 6.88. The lowest BCUT2D eigenvalue weighted by Crippen LogP contribution is -2.06. The molecular weight excluding hydrogens is 298 g/mol. The van der Waals surface area contributed by atoms with Gasteiger partial charge in [0.2, 0.25) is 5.95 Å². The molecule has 0 aliphatic heterocycles. The van der Waals surface area contributed by atoms with Gasteiger partial charge in [0.15, 0.2) is 11.5 Å². The van der Waals surface area contributed by atoms with E-state index >= 15 is 0 Å². The number of aromatic amines is 1. The predicted octanol–water partition coefficient (Wildman–Crippen LogP) is 0.870. The van der Waals surface area contributed by atoms with Gasteiger partial charge in [-0.25, -0.2) is 9.78 Å². The van der Waals surface area contributed by atoms with Crippen LogP contribution in [0.25, 0.3) is 11.2 Å². The number of nitrogens with zero attached hydrogens (tertiary/aromatic N) is 3. The number of fused-ring (bicyclic) bond motifs is 1. The van der Waals surface area contributed by atoms with Crippen molar-refractivity contribution in [2.75, 3.05) is 23.3 Å². The van der Waals surface area contributed by atoms with E-state index in [1.807, 2.05) is 0 Å². The average molecular weight is 313 g/mol. The molecule has 3 rings (SSSR count). The second-order valence-corrected chi connectivity index (χ2v) is 4.91. The van der Waals surface area contributed by atoms with Gasteiger partial charge >= 0.3 is 5.97 Å². The maximum atomic E-state index is 10.8. The smallest absolute Gasteiger partial charge is 0.335 e. The van der Waals surface area contributed by atoms with Crippen molar-refractivity contribution >= 4 is 34.6 Å². The lowest BCUT2D eigenvalue weighted by Gasteiger charge is -2.05. The van der Waals surface area contributed by atoms with Crippen LogP contribution in [0.2, 0.25) is 0 Å². The highest BCUT2D eigenvalue weighted by atomic mass is 16.4. The number of carbonyl (C=O) groups is 1. The van der Waals surface area contributed by atoms with Gasteiger partial charge in [0.1, 0.15) is 11.3 Å². The summed E-state index contributed by atoms with van der Waals surface area (Å²) in [5, 5.41) is 12.0. The van der Waals surface area contributed by atoms with Crippen molar-refractivity contribution in [1.29, 1.82) is 0 Å². The molecule has 0 fully saturated rings. The molecule has 0 unspecified atom stereocenters. The van der Waals surface area contributed by atoms with Crippen LogP contribution in [-0.4, -0.2) is 37.6 Å². The minimum Gasteiger partial charge on any atom is -0.478 e. The van der Waals surface area contributed by atoms with Gasteiger partial charge in [-0.1, -0.05) is 0 Å². The lowest BCUT2D eigenvalue weighted by molar-refractivity contribution is 0.0697. The molecule has 23 heavy (non-hydrogen) atoms. The Morgan fingerprint density at radius 3 is 2.61 bits per heavy atom. The highest BCUT2D eigenvalue weighted by molar-refractivity contribution is 5.88. The van der Waals surface area contributed by atoms with Crippen molar-refractivity contribution in [3.63, 3.8) is 0 Å². The molecular formula is C14H15N7O2. The summed E-state index contributed by atoms with van der Waals surface area (Å²) < 4.78 is 0. The van der Waals surface area contributed by atoms with Gasteiger partial charge in [-0.05, 0) is 24.3 Å². The Kier molecular flexibility index (Phi) is 3.67. The van der Waals surface area contributed by atoms with Gasteiger partial charge in [-0.15, -0.1) is 0 Å². The fraction of sp³-hybridized carbons (Fsp3) is 0.143. The maximum absolute atomic E-state index is 10.8. The van der Waals surface area contributed by atoms with E-state index in [-0.39, 0.29) is 17.3 Å². The second-order valence-electron chi connectivity index (χ2n) is 4.91. The average Bonchev–Trinajstić information content (AvgIpc) is 2.91. The number of anilines is 3. The molecule has 0 aliphatic rings. The number of hydrogen-bond donors (Lipinski definition) is 5. The number of imidazole rings is 1. The van der Waals surface area contributed by atoms with Gasteiger partial charge < -0.3 is 26.9 Å². The van der Waals surface area contributed by atoms with Crippen LogP contribution in [-0.2, 0) is 6.42 Å². The van der Waals surface area contributed by atoms with E-state index < -0.39 is 5.97 Å². The van der Waals surface area contributed by atoms with Gasteiger partial charge in [0.05, 0.1) is 5.56 Å². The molecule has 2 heterocycles. The quantitative estimate of drug-likeness (QED) is 0.464. The topological polar surface area (TPSA) is 156 Å². The fourth-order valence-electron chi connectivity index (χ4n) is 2.16. The van der Waals surface area contributed by atoms with Crippen molar-refractivity contribution in [3.05, 3.63) is 35.7 Å². The van der Waals surface area contributed by atoms with E-state index in [2.05, 4.69) is 25.3 Å². The summed E-state index contributed by atoms with van der Waals surface area (Å²) in [7, 11) is 0. The first-order valence-electron chi connectivity index (χ1n) is 6.88. The molecule has 9 heteroatoms. The Bertz CT molecular complexity index is 857. The van der Waals surface area contributed by atoms with Gasteiger partial charge in [-0.3, -0.25) is 0 Å². The molecule has 118 valence electrons. The van der Waals surface area contributed by atoms with Crippen LogP contribution in [0.5, 0.6) is 0 Å². The number of nitrogen functional groups attached to an aromatic ring is 2. The Morgan fingerprint density at radius 2 is 1.91 bits per heavy atom. The van der Waals surface area contributed by atoms with Crippen molar-refractivity contribution < 1.29 is 9.90 Å². The molecule has 0 saturated carbocycles. The van der Waals surface area contributed by atoms with E-state index in [1.54, 1.807) is 24.3 Å². The molecule has 3 aromatic rings. The van der Waals surface area contributed by atoms with Gasteiger partial charge in [0, 0.05) is 18.7 Å². The zero-order valence-electron chi connectivity index (χ0n) is 12.1. The van der Waals surface area contributed by atoms with Gasteiger partial charge in [-0.2, -0.15) is 9.97 Å². The molecule has 0 bridgehead atoms. The van der Waals surface area contributed by atoms with Gasteiger partial charge in [0.25, 0.3) is 0 Å². The van der Waals surface area contributed by atoms with Crippen molar-refractivity contribution in [2.45, 2.75) is 6.42 Å². The summed E-state index contributed by atoms with van der Waals surface area (Å²) in [5.74, 6) is 0.117. The first-order chi connectivity index (χ1) is 11.0. The number of nitrogens with one attached hydrogen (secondary N) is 2. The number of aromatic carboxylic acids is 1. The van der Waals surface area contributed by atoms with Crippen LogP contribution in [0.1, 0.15) is 16.2 Å². The van der Waals surface area contributed by atoms with Crippen molar-refractivity contribution in [3.8, 4) is 0 Å². The van der Waals surface area contributed by atoms with Crippen LogP contribution in [0, 0.1) is 0 Å². The molecule has 7 N–H and O–H groups in total. The molecule has 0 saturated heterocycles. The normalized spacial score (nSPS) is 10.8. The monoisotopic (exact) mass is 313 g/mol. The molecule has 0 amide bonds. The zero-order chi connectivity index (χ0) is 16.4. The third-order valence-electron chi connectivity index (χ3n) is 3.27. The summed E-state index contributed by atoms with van der Waals surface area (Å²) in [5.41, 5.74) is 13.4. The number of aromatic nitrogens is 4. The third-order valence-corrected chi connectivity index (χ3v) is 3.27. The van der Waals surface area contributed by atoms with Crippen molar-refractivity contribution in [2.24, 2.45) is 0 Å². The molecule has 1 aromatic carbocycles. The van der Waals surface area contributed by atoms with E-state index in [0.29, 0.717) is 30.0 Å². The number of benzene rings is 1. The van der Waals surface area contributed by atoms with E-state index in [4.69, 9.17) is 16.6 Å². The Balaban J connectivity index is 1.64. The molecule has 0 spiro atoms. The van der Waals surface area contributed by atoms with E-state index in [1.165, 1.54) is 0 Å². The van der Waals surface area contributed by atoms with Crippen LogP contribution in [0.15, 0.2) is 24.3 Å². The molecule has 0 radical (unpaired) electrons. The summed E-state index contributed by atoms with van der Waals surface area (Å²) in [6.45, 7) is 0.606. The maximum Gasteiger partial charge on any atom is 0.335 e. The molecule has 0 atom stereocenters. The van der Waals surface area contributed by atoms with Crippen LogP contribution in [0.4, 0.5) is 17.5 Å². The minimum absolute atomic E-state index is 0.0877. The summed E-state index contributed by atoms with van der Waals surface area (Å²) in [4.78, 5) is 26.1. The predicted molar refractivity (Wildman–Crippen MR) is 86.1 cm³/mol. The highest BCUT2D eigenvalue weighted by Crippen LogP contribution is 2.16. The van der Waals surface area contributed by atoms with Crippen LogP contribution >= 0.6 is 0 Å². The SMILES string of the molecule is Nc1nc(N)c2[nH]c(CCNc3ccc(C(=O)O)cc3)nc2n1.